The molecule has 0 bridgehead atoms. The van der Waals surface area contributed by atoms with E-state index in [2.05, 4.69) is 20.8 Å². The van der Waals surface area contributed by atoms with Crippen LogP contribution in [-0.4, -0.2) is 47.3 Å². The zero-order valence-corrected chi connectivity index (χ0v) is 18.0. The summed E-state index contributed by atoms with van der Waals surface area (Å²) < 4.78 is 11.4. The second-order valence-corrected chi connectivity index (χ2v) is 13.2. The number of benzene rings is 1. The van der Waals surface area contributed by atoms with Crippen molar-refractivity contribution in [1.82, 2.24) is 0 Å². The Balaban J connectivity index is 2.17. The lowest BCUT2D eigenvalue weighted by Crippen LogP contribution is -2.51. The smallest absolute Gasteiger partial charge is 0.351 e. The molecule has 154 valence electrons. The molecule has 0 amide bonds. The van der Waals surface area contributed by atoms with Crippen LogP contribution in [0.25, 0.3) is 0 Å². The fourth-order valence-corrected chi connectivity index (χ4v) is 3.05. The van der Waals surface area contributed by atoms with Gasteiger partial charge < -0.3 is 14.4 Å². The number of carbonyl (C=O) groups is 1. The van der Waals surface area contributed by atoms with Crippen molar-refractivity contribution < 1.29 is 33.8 Å². The molecular formula is C18H27N2O7Si+. The van der Waals surface area contributed by atoms with Gasteiger partial charge in [-0.25, -0.2) is 4.79 Å². The van der Waals surface area contributed by atoms with E-state index < -0.39 is 31.1 Å². The summed E-state index contributed by atoms with van der Waals surface area (Å²) >= 11 is 0. The van der Waals surface area contributed by atoms with Gasteiger partial charge in [-0.2, -0.15) is 4.84 Å². The molecule has 2 atom stereocenters. The van der Waals surface area contributed by atoms with Crippen molar-refractivity contribution in [3.05, 3.63) is 39.9 Å². The zero-order chi connectivity index (χ0) is 21.3. The maximum atomic E-state index is 12.4. The molecule has 2 rings (SSSR count). The molecule has 2 unspecified atom stereocenters. The summed E-state index contributed by atoms with van der Waals surface area (Å²) in [6.45, 7) is 11.7. The van der Waals surface area contributed by atoms with Gasteiger partial charge >= 0.3 is 14.3 Å². The Morgan fingerprint density at radius 2 is 1.93 bits per heavy atom. The number of hydrogen-bond acceptors (Lipinski definition) is 7. The number of non-ortho nitro benzene ring substituents is 1. The molecule has 0 radical (unpaired) electrons. The fourth-order valence-electron chi connectivity index (χ4n) is 2.23. The third kappa shape index (κ3) is 5.29. The van der Waals surface area contributed by atoms with E-state index in [-0.39, 0.29) is 22.7 Å². The highest BCUT2D eigenvalue weighted by atomic mass is 28.4. The first kappa shape index (κ1) is 21.8. The molecule has 1 heterocycles. The molecule has 9 nitrogen and oxygen atoms in total. The first-order valence-electron chi connectivity index (χ1n) is 8.90. The lowest BCUT2D eigenvalue weighted by Gasteiger charge is -2.33. The molecule has 1 aliphatic heterocycles. The van der Waals surface area contributed by atoms with Crippen LogP contribution in [0.1, 0.15) is 44.5 Å². The van der Waals surface area contributed by atoms with E-state index in [0.29, 0.717) is 0 Å². The Morgan fingerprint density at radius 3 is 2.43 bits per heavy atom. The zero-order valence-electron chi connectivity index (χ0n) is 17.0. The summed E-state index contributed by atoms with van der Waals surface area (Å²) in [6, 6.07) is 5.10. The van der Waals surface area contributed by atoms with E-state index in [9.17, 15) is 20.0 Å². The Labute approximate surface area is 164 Å². The first-order valence-corrected chi connectivity index (χ1v) is 11.8. The number of nitro groups is 1. The van der Waals surface area contributed by atoms with Crippen LogP contribution >= 0.6 is 0 Å². The van der Waals surface area contributed by atoms with Crippen LogP contribution in [0.15, 0.2) is 24.3 Å². The summed E-state index contributed by atoms with van der Waals surface area (Å²) in [5, 5.41) is 21.0. The minimum absolute atomic E-state index is 0.0169. The topological polar surface area (TPSA) is 111 Å². The van der Waals surface area contributed by atoms with Crippen LogP contribution in [0.4, 0.5) is 5.69 Å². The molecule has 0 aliphatic carbocycles. The van der Waals surface area contributed by atoms with Crippen LogP contribution in [0, 0.1) is 10.1 Å². The molecule has 0 saturated heterocycles. The maximum Gasteiger partial charge on any atom is 0.351 e. The molecular weight excluding hydrogens is 384 g/mol. The number of nitro benzene ring substituents is 1. The largest absolute Gasteiger partial charge is 0.447 e. The highest BCUT2D eigenvalue weighted by molar-refractivity contribution is 6.73. The molecule has 28 heavy (non-hydrogen) atoms. The third-order valence-electron chi connectivity index (χ3n) is 4.85. The average molecular weight is 412 g/mol. The van der Waals surface area contributed by atoms with Gasteiger partial charge in [-0.05, 0) is 30.3 Å². The lowest BCUT2D eigenvalue weighted by molar-refractivity contribution is -0.968. The van der Waals surface area contributed by atoms with Crippen LogP contribution in [0.3, 0.4) is 0 Å². The minimum atomic E-state index is -2.25. The molecule has 0 spiro atoms. The normalized spacial score (nSPS) is 22.7. The Bertz CT molecular complexity index is 782. The quantitative estimate of drug-likeness (QED) is 0.343. The standard InChI is InChI=1S/C18H27N2O7Si/c1-17(2,3)28(5,6)27-19-12-15(11-18(4,22)26-19)25-16(21)13-7-9-14(10-8-13)20(23)24/h7-10,12,15,22H,11H2,1-6H3/q+1. The number of aliphatic hydroxyl groups is 1. The highest BCUT2D eigenvalue weighted by Crippen LogP contribution is 2.37. The van der Waals surface area contributed by atoms with Crippen molar-refractivity contribution in [3.8, 4) is 0 Å². The Morgan fingerprint density at radius 1 is 1.36 bits per heavy atom. The number of ether oxygens (including phenoxy) is 1. The molecule has 10 heteroatoms. The molecule has 1 aliphatic rings. The molecule has 1 aromatic carbocycles. The van der Waals surface area contributed by atoms with E-state index >= 15 is 0 Å². The van der Waals surface area contributed by atoms with Gasteiger partial charge in [0.25, 0.3) is 17.7 Å². The fraction of sp³-hybridized carbons (Fsp3) is 0.556. The second-order valence-electron chi connectivity index (χ2n) is 8.50. The summed E-state index contributed by atoms with van der Waals surface area (Å²) in [5.74, 6) is -2.25. The average Bonchev–Trinajstić information content (AvgIpc) is 2.51. The summed E-state index contributed by atoms with van der Waals surface area (Å²) in [4.78, 5) is 29.1. The van der Waals surface area contributed by atoms with Crippen molar-refractivity contribution >= 4 is 26.2 Å². The number of nitrogens with zero attached hydrogens (tertiary/aromatic N) is 2. The number of rotatable bonds is 5. The van der Waals surface area contributed by atoms with Gasteiger partial charge in [-0.15, -0.1) is 0 Å². The van der Waals surface area contributed by atoms with Crippen molar-refractivity contribution in [3.63, 3.8) is 0 Å². The predicted octanol–water partition coefficient (Wildman–Crippen LogP) is 3.18. The van der Waals surface area contributed by atoms with Crippen molar-refractivity contribution in [2.24, 2.45) is 0 Å². The highest BCUT2D eigenvalue weighted by Gasteiger charge is 2.49. The SMILES string of the molecule is CC1(O)CC(OC(=O)c2ccc([N+](=O)[O-])cc2)C=[N+](O[Si](C)(C)C(C)(C)C)O1. The summed E-state index contributed by atoms with van der Waals surface area (Å²) in [7, 11) is -2.25. The van der Waals surface area contributed by atoms with E-state index in [1.807, 2.05) is 13.1 Å². The number of carbonyl (C=O) groups excluding carboxylic acids is 1. The van der Waals surface area contributed by atoms with Crippen molar-refractivity contribution in [2.45, 2.75) is 64.1 Å². The Hall–Kier alpha value is -2.46. The van der Waals surface area contributed by atoms with Crippen LogP contribution in [-0.2, 0) is 14.1 Å². The van der Waals surface area contributed by atoms with Gasteiger partial charge in [-0.1, -0.05) is 20.8 Å². The van der Waals surface area contributed by atoms with Gasteiger partial charge in [0.2, 0.25) is 0 Å². The summed E-state index contributed by atoms with van der Waals surface area (Å²) in [5.41, 5.74) is 0.0491. The van der Waals surface area contributed by atoms with E-state index in [4.69, 9.17) is 14.1 Å². The van der Waals surface area contributed by atoms with Gasteiger partial charge in [0.1, 0.15) is 0 Å². The summed E-state index contributed by atoms with van der Waals surface area (Å²) in [6.07, 6.45) is 0.682. The monoisotopic (exact) mass is 411 g/mol. The molecule has 0 aromatic heterocycles. The van der Waals surface area contributed by atoms with Gasteiger partial charge in [-0.3, -0.25) is 10.1 Å². The molecule has 1 N–H and O–H groups in total. The van der Waals surface area contributed by atoms with Gasteiger partial charge in [0, 0.05) is 19.1 Å². The van der Waals surface area contributed by atoms with Gasteiger partial charge in [0.15, 0.2) is 11.0 Å². The molecule has 0 fully saturated rings. The van der Waals surface area contributed by atoms with E-state index in [1.165, 1.54) is 37.4 Å². The van der Waals surface area contributed by atoms with Crippen molar-refractivity contribution in [2.75, 3.05) is 0 Å². The van der Waals surface area contributed by atoms with Crippen LogP contribution in [0.5, 0.6) is 0 Å². The van der Waals surface area contributed by atoms with Crippen LogP contribution in [0.2, 0.25) is 18.1 Å². The number of hydrogen-bond donors (Lipinski definition) is 1. The molecule has 1 aromatic rings. The predicted molar refractivity (Wildman–Crippen MR) is 103 cm³/mol. The maximum absolute atomic E-state index is 12.4. The van der Waals surface area contributed by atoms with E-state index in [0.717, 1.165) is 4.90 Å². The second kappa shape index (κ2) is 7.51. The molecule has 0 saturated carbocycles. The van der Waals surface area contributed by atoms with E-state index in [1.54, 1.807) is 0 Å². The Kier molecular flexibility index (Phi) is 5.86. The van der Waals surface area contributed by atoms with Crippen molar-refractivity contribution in [1.29, 1.82) is 0 Å². The van der Waals surface area contributed by atoms with Gasteiger partial charge in [0.05, 0.1) is 16.9 Å². The lowest BCUT2D eigenvalue weighted by atomic mass is 10.1. The first-order chi connectivity index (χ1) is 12.7. The third-order valence-corrected chi connectivity index (χ3v) is 9.10. The van der Waals surface area contributed by atoms with Crippen LogP contribution < -0.4 is 0 Å². The minimum Gasteiger partial charge on any atom is -0.447 e. The number of esters is 1.